The SMILES string of the molecule is CCC(=N)c1ccc(-c2ccnn2-c2ccc(OC)cc2)nc1NC1CCOCC1. The van der Waals surface area contributed by atoms with Crippen LogP contribution in [-0.4, -0.2) is 46.8 Å². The molecule has 4 rings (SSSR count). The summed E-state index contributed by atoms with van der Waals surface area (Å²) in [6, 6.07) is 14.0. The summed E-state index contributed by atoms with van der Waals surface area (Å²) < 4.78 is 12.6. The number of hydrogen-bond donors (Lipinski definition) is 2. The number of anilines is 1. The lowest BCUT2D eigenvalue weighted by molar-refractivity contribution is 0.0904. The fourth-order valence-electron chi connectivity index (χ4n) is 3.61. The molecule has 7 heteroatoms. The maximum Gasteiger partial charge on any atom is 0.136 e. The third kappa shape index (κ3) is 4.21. The molecular weight excluding hydrogens is 378 g/mol. The summed E-state index contributed by atoms with van der Waals surface area (Å²) in [4.78, 5) is 4.92. The fraction of sp³-hybridized carbons (Fsp3) is 0.348. The minimum absolute atomic E-state index is 0.302. The zero-order valence-corrected chi connectivity index (χ0v) is 17.4. The normalized spacial score (nSPS) is 14.5. The Kier molecular flexibility index (Phi) is 6.09. The zero-order chi connectivity index (χ0) is 20.9. The summed E-state index contributed by atoms with van der Waals surface area (Å²) in [6.45, 7) is 3.50. The maximum absolute atomic E-state index is 8.36. The Morgan fingerprint density at radius 1 is 1.17 bits per heavy atom. The van der Waals surface area contributed by atoms with E-state index in [2.05, 4.69) is 10.4 Å². The van der Waals surface area contributed by atoms with Crippen molar-refractivity contribution < 1.29 is 9.47 Å². The highest BCUT2D eigenvalue weighted by atomic mass is 16.5. The molecule has 30 heavy (non-hydrogen) atoms. The third-order valence-electron chi connectivity index (χ3n) is 5.36. The molecule has 1 aliphatic heterocycles. The third-order valence-corrected chi connectivity index (χ3v) is 5.36. The maximum atomic E-state index is 8.36. The van der Waals surface area contributed by atoms with Crippen LogP contribution in [0.2, 0.25) is 0 Å². The Hall–Kier alpha value is -3.19. The molecule has 2 N–H and O–H groups in total. The first kappa shape index (κ1) is 20.1. The number of pyridine rings is 1. The van der Waals surface area contributed by atoms with E-state index in [9.17, 15) is 0 Å². The topological polar surface area (TPSA) is 85.1 Å². The van der Waals surface area contributed by atoms with E-state index in [0.29, 0.717) is 18.2 Å². The number of aromatic nitrogens is 3. The van der Waals surface area contributed by atoms with Crippen molar-refractivity contribution in [3.63, 3.8) is 0 Å². The van der Waals surface area contributed by atoms with Crippen molar-refractivity contribution in [1.29, 1.82) is 5.41 Å². The first-order chi connectivity index (χ1) is 14.7. The van der Waals surface area contributed by atoms with Gasteiger partial charge in [-0.3, -0.25) is 0 Å². The van der Waals surface area contributed by atoms with Gasteiger partial charge in [-0.25, -0.2) is 9.67 Å². The number of nitrogens with zero attached hydrogens (tertiary/aromatic N) is 3. The Balaban J connectivity index is 1.70. The summed E-state index contributed by atoms with van der Waals surface area (Å²) in [7, 11) is 1.65. The Morgan fingerprint density at radius 2 is 1.93 bits per heavy atom. The van der Waals surface area contributed by atoms with Crippen molar-refractivity contribution in [2.24, 2.45) is 0 Å². The van der Waals surface area contributed by atoms with Gasteiger partial charge in [0, 0.05) is 30.5 Å². The molecule has 0 bridgehead atoms. The van der Waals surface area contributed by atoms with Gasteiger partial charge >= 0.3 is 0 Å². The van der Waals surface area contributed by atoms with E-state index in [0.717, 1.165) is 60.3 Å². The lowest BCUT2D eigenvalue weighted by Gasteiger charge is -2.25. The molecule has 0 atom stereocenters. The second kappa shape index (κ2) is 9.09. The summed E-state index contributed by atoms with van der Waals surface area (Å²) in [6.07, 6.45) is 4.31. The van der Waals surface area contributed by atoms with Gasteiger partial charge in [-0.2, -0.15) is 5.10 Å². The first-order valence-corrected chi connectivity index (χ1v) is 10.3. The Morgan fingerprint density at radius 3 is 2.63 bits per heavy atom. The van der Waals surface area contributed by atoms with Gasteiger partial charge in [-0.05, 0) is 61.7 Å². The first-order valence-electron chi connectivity index (χ1n) is 10.3. The van der Waals surface area contributed by atoms with Crippen LogP contribution in [0.15, 0.2) is 48.7 Å². The second-order valence-corrected chi connectivity index (χ2v) is 7.28. The van der Waals surface area contributed by atoms with E-state index in [1.165, 1.54) is 0 Å². The van der Waals surface area contributed by atoms with Crippen molar-refractivity contribution in [1.82, 2.24) is 14.8 Å². The van der Waals surface area contributed by atoms with Crippen molar-refractivity contribution >= 4 is 11.5 Å². The highest BCUT2D eigenvalue weighted by Crippen LogP contribution is 2.27. The van der Waals surface area contributed by atoms with Crippen molar-refractivity contribution in [3.05, 3.63) is 54.2 Å². The van der Waals surface area contributed by atoms with Gasteiger partial charge in [0.15, 0.2) is 0 Å². The highest BCUT2D eigenvalue weighted by molar-refractivity contribution is 6.02. The van der Waals surface area contributed by atoms with Crippen LogP contribution < -0.4 is 10.1 Å². The minimum atomic E-state index is 0.302. The number of benzene rings is 1. The number of rotatable bonds is 7. The van der Waals surface area contributed by atoms with Gasteiger partial charge in [0.2, 0.25) is 0 Å². The number of ether oxygens (including phenoxy) is 2. The molecule has 1 saturated heterocycles. The predicted octanol–water partition coefficient (Wildman–Crippen LogP) is 4.31. The van der Waals surface area contributed by atoms with Gasteiger partial charge in [-0.1, -0.05) is 6.92 Å². The van der Waals surface area contributed by atoms with Crippen LogP contribution in [0.4, 0.5) is 5.82 Å². The molecule has 0 unspecified atom stereocenters. The van der Waals surface area contributed by atoms with Gasteiger partial charge in [0.1, 0.15) is 11.6 Å². The molecule has 0 spiro atoms. The van der Waals surface area contributed by atoms with Crippen LogP contribution in [0, 0.1) is 5.41 Å². The van der Waals surface area contributed by atoms with Gasteiger partial charge in [-0.15, -0.1) is 0 Å². The molecular formula is C23H27N5O2. The fourth-order valence-corrected chi connectivity index (χ4v) is 3.61. The van der Waals surface area contributed by atoms with Crippen LogP contribution in [-0.2, 0) is 4.74 Å². The number of methoxy groups -OCH3 is 1. The van der Waals surface area contributed by atoms with Crippen LogP contribution in [0.25, 0.3) is 17.1 Å². The second-order valence-electron chi connectivity index (χ2n) is 7.28. The summed E-state index contributed by atoms with van der Waals surface area (Å²) in [5, 5.41) is 16.4. The quantitative estimate of drug-likeness (QED) is 0.572. The van der Waals surface area contributed by atoms with E-state index < -0.39 is 0 Å². The summed E-state index contributed by atoms with van der Waals surface area (Å²) in [5.74, 6) is 1.56. The number of nitrogens with one attached hydrogen (secondary N) is 2. The monoisotopic (exact) mass is 405 g/mol. The molecule has 2 aromatic heterocycles. The molecule has 0 radical (unpaired) electrons. The average molecular weight is 406 g/mol. The molecule has 0 aliphatic carbocycles. The largest absolute Gasteiger partial charge is 0.497 e. The van der Waals surface area contributed by atoms with Crippen LogP contribution >= 0.6 is 0 Å². The van der Waals surface area contributed by atoms with E-state index in [-0.39, 0.29) is 0 Å². The molecule has 7 nitrogen and oxygen atoms in total. The lowest BCUT2D eigenvalue weighted by Crippen LogP contribution is -2.29. The number of hydrogen-bond acceptors (Lipinski definition) is 6. The standard InChI is InChI=1S/C23H27N5O2/c1-3-20(24)19-8-9-21(27-23(19)26-16-11-14-30-15-12-16)22-10-13-25-28(22)17-4-6-18(29-2)7-5-17/h4-10,13,16,24H,3,11-12,14-15H2,1-2H3,(H,26,27). The Bertz CT molecular complexity index is 1010. The van der Waals surface area contributed by atoms with Crippen LogP contribution in [0.1, 0.15) is 31.7 Å². The Labute approximate surface area is 176 Å². The van der Waals surface area contributed by atoms with Crippen LogP contribution in [0.3, 0.4) is 0 Å². The molecule has 1 aliphatic rings. The van der Waals surface area contributed by atoms with E-state index in [1.807, 2.05) is 54.1 Å². The van der Waals surface area contributed by atoms with E-state index in [4.69, 9.17) is 19.9 Å². The molecule has 3 aromatic rings. The van der Waals surface area contributed by atoms with Crippen molar-refractivity contribution in [2.45, 2.75) is 32.2 Å². The van der Waals surface area contributed by atoms with Gasteiger partial charge in [0.05, 0.1) is 30.4 Å². The molecule has 0 amide bonds. The van der Waals surface area contributed by atoms with Crippen molar-refractivity contribution in [2.75, 3.05) is 25.6 Å². The molecule has 3 heterocycles. The molecule has 1 fully saturated rings. The lowest BCUT2D eigenvalue weighted by atomic mass is 10.1. The van der Waals surface area contributed by atoms with Crippen LogP contribution in [0.5, 0.6) is 5.75 Å². The summed E-state index contributed by atoms with van der Waals surface area (Å²) >= 11 is 0. The summed E-state index contributed by atoms with van der Waals surface area (Å²) in [5.41, 5.74) is 4.06. The molecule has 0 saturated carbocycles. The zero-order valence-electron chi connectivity index (χ0n) is 17.4. The smallest absolute Gasteiger partial charge is 0.136 e. The van der Waals surface area contributed by atoms with Gasteiger partial charge in [0.25, 0.3) is 0 Å². The average Bonchev–Trinajstić information content (AvgIpc) is 3.29. The van der Waals surface area contributed by atoms with E-state index >= 15 is 0 Å². The van der Waals surface area contributed by atoms with Gasteiger partial charge < -0.3 is 20.2 Å². The molecule has 156 valence electrons. The molecule has 1 aromatic carbocycles. The van der Waals surface area contributed by atoms with E-state index in [1.54, 1.807) is 13.3 Å². The predicted molar refractivity (Wildman–Crippen MR) is 118 cm³/mol. The minimum Gasteiger partial charge on any atom is -0.497 e. The van der Waals surface area contributed by atoms with Crippen molar-refractivity contribution in [3.8, 4) is 22.8 Å². The highest BCUT2D eigenvalue weighted by Gasteiger charge is 2.19.